The summed E-state index contributed by atoms with van der Waals surface area (Å²) in [5, 5.41) is 10.6. The van der Waals surface area contributed by atoms with E-state index in [1.54, 1.807) is 25.3 Å². The molecule has 0 bridgehead atoms. The van der Waals surface area contributed by atoms with Gasteiger partial charge in [0.2, 0.25) is 0 Å². The Hall–Kier alpha value is -3.01. The van der Waals surface area contributed by atoms with E-state index < -0.39 is 0 Å². The Morgan fingerprint density at radius 3 is 2.41 bits per heavy atom. The first-order valence-electron chi connectivity index (χ1n) is 9.17. The van der Waals surface area contributed by atoms with Gasteiger partial charge in [0.25, 0.3) is 0 Å². The average Bonchev–Trinajstić information content (AvgIpc) is 2.72. The van der Waals surface area contributed by atoms with Gasteiger partial charge < -0.3 is 5.11 Å². The summed E-state index contributed by atoms with van der Waals surface area (Å²) in [6, 6.07) is 16.0. The molecule has 3 aromatic rings. The Morgan fingerprint density at radius 1 is 1.07 bits per heavy atom. The third kappa shape index (κ3) is 5.00. The Morgan fingerprint density at radius 2 is 1.78 bits per heavy atom. The predicted molar refractivity (Wildman–Crippen MR) is 110 cm³/mol. The van der Waals surface area contributed by atoms with E-state index in [4.69, 9.17) is 0 Å². The van der Waals surface area contributed by atoms with Crippen LogP contribution in [-0.2, 0) is 6.42 Å². The molecule has 140 valence electrons. The highest BCUT2D eigenvalue weighted by Gasteiger charge is 2.12. The van der Waals surface area contributed by atoms with Gasteiger partial charge in [0.05, 0.1) is 5.69 Å². The number of aliphatic imine (C=N–C) groups is 1. The van der Waals surface area contributed by atoms with Gasteiger partial charge in [0.15, 0.2) is 5.75 Å². The first kappa shape index (κ1) is 20.3. The van der Waals surface area contributed by atoms with Crippen LogP contribution in [0, 0.1) is 12.7 Å². The molecule has 0 radical (unpaired) electrons. The Bertz CT molecular complexity index is 921. The van der Waals surface area contributed by atoms with Crippen LogP contribution in [0.25, 0.3) is 11.3 Å². The zero-order chi connectivity index (χ0) is 19.8. The Kier molecular flexibility index (Phi) is 7.24. The van der Waals surface area contributed by atoms with Crippen molar-refractivity contribution in [3.05, 3.63) is 77.2 Å². The van der Waals surface area contributed by atoms with Crippen molar-refractivity contribution < 1.29 is 9.50 Å². The summed E-state index contributed by atoms with van der Waals surface area (Å²) in [7, 11) is 0. The molecule has 0 saturated heterocycles. The predicted octanol–water partition coefficient (Wildman–Crippen LogP) is 6.24. The minimum atomic E-state index is -0.259. The number of hydrogen-bond donors (Lipinski definition) is 1. The number of benzene rings is 2. The van der Waals surface area contributed by atoms with Crippen LogP contribution < -0.4 is 0 Å². The van der Waals surface area contributed by atoms with Crippen molar-refractivity contribution in [1.82, 2.24) is 4.98 Å². The van der Waals surface area contributed by atoms with Crippen molar-refractivity contribution in [3.63, 3.8) is 0 Å². The molecule has 27 heavy (non-hydrogen) atoms. The zero-order valence-corrected chi connectivity index (χ0v) is 16.2. The van der Waals surface area contributed by atoms with Crippen LogP contribution in [0.1, 0.15) is 37.6 Å². The number of rotatable bonds is 4. The second-order valence-electron chi connectivity index (χ2n) is 5.81. The lowest BCUT2D eigenvalue weighted by Gasteiger charge is -2.09. The van der Waals surface area contributed by atoms with Crippen molar-refractivity contribution in [2.24, 2.45) is 4.99 Å². The summed E-state index contributed by atoms with van der Waals surface area (Å²) in [5.74, 6) is -0.170. The molecular formula is C23H25FN2O. The molecule has 0 amide bonds. The molecule has 2 aromatic carbocycles. The summed E-state index contributed by atoms with van der Waals surface area (Å²) in [6.07, 6.45) is 2.34. The summed E-state index contributed by atoms with van der Waals surface area (Å²) >= 11 is 0. The van der Waals surface area contributed by atoms with Gasteiger partial charge in [-0.1, -0.05) is 51.1 Å². The summed E-state index contributed by atoms with van der Waals surface area (Å²) < 4.78 is 13.4. The largest absolute Gasteiger partial charge is 0.505 e. The maximum absolute atomic E-state index is 13.4. The van der Waals surface area contributed by atoms with E-state index in [0.29, 0.717) is 22.5 Å². The normalized spacial score (nSPS) is 10.6. The zero-order valence-electron chi connectivity index (χ0n) is 16.2. The third-order valence-corrected chi connectivity index (χ3v) is 3.98. The van der Waals surface area contributed by atoms with Crippen LogP contribution in [0.4, 0.5) is 10.1 Å². The van der Waals surface area contributed by atoms with Crippen molar-refractivity contribution in [2.75, 3.05) is 0 Å². The summed E-state index contributed by atoms with van der Waals surface area (Å²) in [6.45, 7) is 7.71. The van der Waals surface area contributed by atoms with Gasteiger partial charge in [0, 0.05) is 23.0 Å². The molecule has 1 aromatic heterocycles. The van der Waals surface area contributed by atoms with Gasteiger partial charge in [-0.2, -0.15) is 0 Å². The number of aryl methyl sites for hydroxylation is 2. The fraction of sp³-hybridized carbons (Fsp3) is 0.217. The molecule has 0 atom stereocenters. The van der Waals surface area contributed by atoms with Gasteiger partial charge in [-0.05, 0) is 43.2 Å². The van der Waals surface area contributed by atoms with Crippen molar-refractivity contribution in [3.8, 4) is 17.0 Å². The topological polar surface area (TPSA) is 45.5 Å². The second kappa shape index (κ2) is 9.62. The van der Waals surface area contributed by atoms with Crippen molar-refractivity contribution in [2.45, 2.75) is 34.1 Å². The maximum atomic E-state index is 13.4. The monoisotopic (exact) mass is 364 g/mol. The Balaban J connectivity index is 0.00000126. The lowest BCUT2D eigenvalue weighted by molar-refractivity contribution is 0.473. The summed E-state index contributed by atoms with van der Waals surface area (Å²) in [5.41, 5.74) is 4.02. The van der Waals surface area contributed by atoms with E-state index in [2.05, 4.69) is 9.98 Å². The van der Waals surface area contributed by atoms with E-state index in [0.717, 1.165) is 17.7 Å². The SMILES string of the molecule is CC.CCc1cc(C=Nc2ccc(F)c(C)c2)c(O)c(-c2ccccc2)n1. The first-order valence-corrected chi connectivity index (χ1v) is 9.17. The number of nitrogens with zero attached hydrogens (tertiary/aromatic N) is 2. The fourth-order valence-electron chi connectivity index (χ4n) is 2.54. The third-order valence-electron chi connectivity index (χ3n) is 3.98. The number of aromatic nitrogens is 1. The molecule has 1 N–H and O–H groups in total. The maximum Gasteiger partial charge on any atom is 0.150 e. The van der Waals surface area contributed by atoms with Gasteiger partial charge >= 0.3 is 0 Å². The van der Waals surface area contributed by atoms with Crippen LogP contribution >= 0.6 is 0 Å². The Labute approximate surface area is 160 Å². The van der Waals surface area contributed by atoms with E-state index in [9.17, 15) is 9.50 Å². The van der Waals surface area contributed by atoms with E-state index >= 15 is 0 Å². The molecule has 1 heterocycles. The van der Waals surface area contributed by atoms with Gasteiger partial charge in [-0.3, -0.25) is 4.99 Å². The lowest BCUT2D eigenvalue weighted by atomic mass is 10.1. The van der Waals surface area contributed by atoms with Crippen LogP contribution in [0.3, 0.4) is 0 Å². The standard InChI is InChI=1S/C21H19FN2O.C2H6/c1-3-17-12-16(13-23-18-9-10-19(22)14(2)11-18)21(25)20(24-17)15-7-5-4-6-8-15;1-2/h4-13,25H,3H2,1-2H3;1-2H3. The lowest BCUT2D eigenvalue weighted by Crippen LogP contribution is -1.96. The molecule has 0 spiro atoms. The van der Waals surface area contributed by atoms with Gasteiger partial charge in [-0.25, -0.2) is 9.37 Å². The highest BCUT2D eigenvalue weighted by Crippen LogP contribution is 2.30. The van der Waals surface area contributed by atoms with E-state index in [1.165, 1.54) is 6.07 Å². The smallest absolute Gasteiger partial charge is 0.150 e. The molecule has 4 heteroatoms. The second-order valence-corrected chi connectivity index (χ2v) is 5.81. The van der Waals surface area contributed by atoms with Gasteiger partial charge in [-0.15, -0.1) is 0 Å². The molecule has 3 rings (SSSR count). The number of pyridine rings is 1. The minimum absolute atomic E-state index is 0.0889. The number of hydrogen-bond acceptors (Lipinski definition) is 3. The number of halogens is 1. The van der Waals surface area contributed by atoms with Crippen molar-refractivity contribution >= 4 is 11.9 Å². The molecule has 0 fully saturated rings. The quantitative estimate of drug-likeness (QED) is 0.557. The molecule has 0 unspecified atom stereocenters. The van der Waals surface area contributed by atoms with Crippen molar-refractivity contribution in [1.29, 1.82) is 0 Å². The average molecular weight is 364 g/mol. The van der Waals surface area contributed by atoms with Crippen LogP contribution in [-0.4, -0.2) is 16.3 Å². The number of aromatic hydroxyl groups is 1. The van der Waals surface area contributed by atoms with Gasteiger partial charge in [0.1, 0.15) is 11.5 Å². The highest BCUT2D eigenvalue weighted by molar-refractivity contribution is 5.89. The van der Waals surface area contributed by atoms with Crippen LogP contribution in [0.15, 0.2) is 59.6 Å². The first-order chi connectivity index (χ1) is 13.1. The van der Waals surface area contributed by atoms with E-state index in [1.807, 2.05) is 57.2 Å². The molecule has 0 aliphatic rings. The summed E-state index contributed by atoms with van der Waals surface area (Å²) in [4.78, 5) is 8.91. The molecule has 0 aliphatic heterocycles. The molecule has 0 aliphatic carbocycles. The van der Waals surface area contributed by atoms with Crippen LogP contribution in [0.5, 0.6) is 5.75 Å². The highest BCUT2D eigenvalue weighted by atomic mass is 19.1. The van der Waals surface area contributed by atoms with E-state index in [-0.39, 0.29) is 11.6 Å². The molecular weight excluding hydrogens is 339 g/mol. The van der Waals surface area contributed by atoms with Crippen LogP contribution in [0.2, 0.25) is 0 Å². The molecule has 0 saturated carbocycles. The minimum Gasteiger partial charge on any atom is -0.505 e. The fourth-order valence-corrected chi connectivity index (χ4v) is 2.54. The molecule has 3 nitrogen and oxygen atoms in total.